The lowest BCUT2D eigenvalue weighted by Crippen LogP contribution is -2.43. The summed E-state index contributed by atoms with van der Waals surface area (Å²) in [5.41, 5.74) is 2.85. The number of hydrogen-bond acceptors (Lipinski definition) is 3. The molecule has 3 rings (SSSR count). The van der Waals surface area contributed by atoms with Crippen LogP contribution in [-0.2, 0) is 11.3 Å². The highest BCUT2D eigenvalue weighted by Gasteiger charge is 2.34. The van der Waals surface area contributed by atoms with Crippen molar-refractivity contribution in [2.24, 2.45) is 0 Å². The molecule has 2 unspecified atom stereocenters. The highest BCUT2D eigenvalue weighted by Crippen LogP contribution is 2.33. The molecule has 0 radical (unpaired) electrons. The number of halogens is 1. The zero-order valence-electron chi connectivity index (χ0n) is 13.2. The van der Waals surface area contributed by atoms with Gasteiger partial charge in [0.05, 0.1) is 12.2 Å². The second-order valence-electron chi connectivity index (χ2n) is 7.24. The van der Waals surface area contributed by atoms with Crippen LogP contribution in [0.15, 0.2) is 22.7 Å². The van der Waals surface area contributed by atoms with Gasteiger partial charge in [0.15, 0.2) is 0 Å². The van der Waals surface area contributed by atoms with Gasteiger partial charge in [0.2, 0.25) is 0 Å². The summed E-state index contributed by atoms with van der Waals surface area (Å²) >= 11 is 3.62. The lowest BCUT2D eigenvalue weighted by Gasteiger charge is -2.35. The first-order chi connectivity index (χ1) is 9.90. The van der Waals surface area contributed by atoms with Gasteiger partial charge in [0.1, 0.15) is 0 Å². The molecule has 2 atom stereocenters. The molecule has 2 saturated heterocycles. The molecule has 0 saturated carbocycles. The van der Waals surface area contributed by atoms with Gasteiger partial charge in [-0.3, -0.25) is 0 Å². The maximum absolute atomic E-state index is 5.96. The molecular weight excluding hydrogens is 328 g/mol. The van der Waals surface area contributed by atoms with E-state index in [1.807, 2.05) is 0 Å². The van der Waals surface area contributed by atoms with Gasteiger partial charge >= 0.3 is 0 Å². The van der Waals surface area contributed by atoms with E-state index in [-0.39, 0.29) is 5.54 Å². The number of rotatable bonds is 3. The molecule has 1 N–H and O–H groups in total. The van der Waals surface area contributed by atoms with Crippen LogP contribution in [0.25, 0.3) is 0 Å². The highest BCUT2D eigenvalue weighted by atomic mass is 79.9. The van der Waals surface area contributed by atoms with E-state index in [9.17, 15) is 0 Å². The van der Waals surface area contributed by atoms with Crippen molar-refractivity contribution in [3.63, 3.8) is 0 Å². The number of nitrogens with one attached hydrogen (secondary N) is 1. The predicted octanol–water partition coefficient (Wildman–Crippen LogP) is 3.70. The first-order valence-corrected chi connectivity index (χ1v) is 8.64. The SMILES string of the molecule is CC(C)(C)NCc1ccc(Br)cc1N1CC2CCC(C1)O2. The van der Waals surface area contributed by atoms with E-state index in [0.29, 0.717) is 12.2 Å². The number of hydrogen-bond donors (Lipinski definition) is 1. The standard InChI is InChI=1S/C17H25BrN2O/c1-17(2,3)19-9-12-4-5-13(18)8-16(12)20-10-14-6-7-15(11-20)21-14/h4-5,8,14-15,19H,6-7,9-11H2,1-3H3. The highest BCUT2D eigenvalue weighted by molar-refractivity contribution is 9.10. The predicted molar refractivity (Wildman–Crippen MR) is 90.8 cm³/mol. The fourth-order valence-corrected chi connectivity index (χ4v) is 3.50. The van der Waals surface area contributed by atoms with Crippen molar-refractivity contribution in [3.05, 3.63) is 28.2 Å². The Bertz CT molecular complexity index is 500. The molecule has 0 amide bonds. The number of fused-ring (bicyclic) bond motifs is 2. The Hall–Kier alpha value is -0.580. The molecule has 0 aliphatic carbocycles. The summed E-state index contributed by atoms with van der Waals surface area (Å²) < 4.78 is 7.11. The molecule has 2 bridgehead atoms. The quantitative estimate of drug-likeness (QED) is 0.897. The van der Waals surface area contributed by atoms with Gasteiger partial charge in [-0.1, -0.05) is 22.0 Å². The minimum Gasteiger partial charge on any atom is -0.371 e. The first-order valence-electron chi connectivity index (χ1n) is 7.84. The lowest BCUT2D eigenvalue weighted by atomic mass is 10.1. The average Bonchev–Trinajstić information content (AvgIpc) is 2.75. The van der Waals surface area contributed by atoms with Crippen LogP contribution in [0.2, 0.25) is 0 Å². The van der Waals surface area contributed by atoms with Gasteiger partial charge in [-0.15, -0.1) is 0 Å². The van der Waals surface area contributed by atoms with E-state index in [2.05, 4.69) is 65.1 Å². The fourth-order valence-electron chi connectivity index (χ4n) is 3.15. The summed E-state index contributed by atoms with van der Waals surface area (Å²) in [4.78, 5) is 2.51. The van der Waals surface area contributed by atoms with Crippen molar-refractivity contribution in [1.82, 2.24) is 5.32 Å². The van der Waals surface area contributed by atoms with Crippen LogP contribution in [-0.4, -0.2) is 30.8 Å². The molecule has 2 fully saturated rings. The molecular formula is C17H25BrN2O. The average molecular weight is 353 g/mol. The maximum Gasteiger partial charge on any atom is 0.0755 e. The van der Waals surface area contributed by atoms with Gasteiger partial charge in [0.25, 0.3) is 0 Å². The van der Waals surface area contributed by atoms with Crippen LogP contribution in [0.4, 0.5) is 5.69 Å². The Labute approximate surface area is 136 Å². The fraction of sp³-hybridized carbons (Fsp3) is 0.647. The van der Waals surface area contributed by atoms with E-state index in [0.717, 1.165) is 24.1 Å². The van der Waals surface area contributed by atoms with Gasteiger partial charge in [-0.25, -0.2) is 0 Å². The Balaban J connectivity index is 1.81. The van der Waals surface area contributed by atoms with Crippen molar-refractivity contribution < 1.29 is 4.74 Å². The topological polar surface area (TPSA) is 24.5 Å². The molecule has 2 heterocycles. The number of ether oxygens (including phenoxy) is 1. The summed E-state index contributed by atoms with van der Waals surface area (Å²) in [6, 6.07) is 6.62. The minimum absolute atomic E-state index is 0.133. The van der Waals surface area contributed by atoms with Crippen molar-refractivity contribution in [1.29, 1.82) is 0 Å². The first kappa shape index (κ1) is 15.3. The molecule has 1 aromatic carbocycles. The maximum atomic E-state index is 5.96. The van der Waals surface area contributed by atoms with Crippen molar-refractivity contribution in [2.75, 3.05) is 18.0 Å². The number of benzene rings is 1. The largest absolute Gasteiger partial charge is 0.371 e. The molecule has 2 aliphatic rings. The minimum atomic E-state index is 0.133. The van der Waals surface area contributed by atoms with Gasteiger partial charge in [-0.2, -0.15) is 0 Å². The third-order valence-corrected chi connectivity index (χ3v) is 4.73. The van der Waals surface area contributed by atoms with Crippen LogP contribution in [0.1, 0.15) is 39.2 Å². The van der Waals surface area contributed by atoms with Crippen molar-refractivity contribution >= 4 is 21.6 Å². The summed E-state index contributed by atoms with van der Waals surface area (Å²) in [7, 11) is 0. The molecule has 2 aliphatic heterocycles. The van der Waals surface area contributed by atoms with Crippen LogP contribution < -0.4 is 10.2 Å². The molecule has 4 heteroatoms. The number of anilines is 1. The van der Waals surface area contributed by atoms with E-state index < -0.39 is 0 Å². The van der Waals surface area contributed by atoms with Gasteiger partial charge < -0.3 is 15.0 Å². The Morgan fingerprint density at radius 3 is 2.52 bits per heavy atom. The summed E-state index contributed by atoms with van der Waals surface area (Å²) in [6.45, 7) is 9.57. The van der Waals surface area contributed by atoms with Crippen LogP contribution in [0.5, 0.6) is 0 Å². The van der Waals surface area contributed by atoms with E-state index in [1.54, 1.807) is 0 Å². The molecule has 1 aromatic rings. The van der Waals surface area contributed by atoms with Crippen molar-refractivity contribution in [2.45, 2.75) is 57.9 Å². The normalized spacial score (nSPS) is 25.4. The van der Waals surface area contributed by atoms with Gasteiger partial charge in [0, 0.05) is 35.3 Å². The zero-order chi connectivity index (χ0) is 15.0. The Morgan fingerprint density at radius 2 is 1.90 bits per heavy atom. The molecule has 21 heavy (non-hydrogen) atoms. The van der Waals surface area contributed by atoms with E-state index >= 15 is 0 Å². The van der Waals surface area contributed by atoms with Crippen LogP contribution in [0.3, 0.4) is 0 Å². The second kappa shape index (κ2) is 5.90. The third-order valence-electron chi connectivity index (χ3n) is 4.24. The molecule has 116 valence electrons. The van der Waals surface area contributed by atoms with Gasteiger partial charge in [-0.05, 0) is 51.3 Å². The number of nitrogens with zero attached hydrogens (tertiary/aromatic N) is 1. The van der Waals surface area contributed by atoms with Crippen LogP contribution in [0, 0.1) is 0 Å². The van der Waals surface area contributed by atoms with Crippen LogP contribution >= 0.6 is 15.9 Å². The third kappa shape index (κ3) is 3.79. The molecule has 3 nitrogen and oxygen atoms in total. The second-order valence-corrected chi connectivity index (χ2v) is 8.15. The molecule has 0 spiro atoms. The zero-order valence-corrected chi connectivity index (χ0v) is 14.7. The summed E-state index contributed by atoms with van der Waals surface area (Å²) in [6.07, 6.45) is 3.27. The van der Waals surface area contributed by atoms with Crippen molar-refractivity contribution in [3.8, 4) is 0 Å². The summed E-state index contributed by atoms with van der Waals surface area (Å²) in [5.74, 6) is 0. The Morgan fingerprint density at radius 1 is 1.24 bits per heavy atom. The van der Waals surface area contributed by atoms with E-state index in [4.69, 9.17) is 4.74 Å². The monoisotopic (exact) mass is 352 g/mol. The summed E-state index contributed by atoms with van der Waals surface area (Å²) in [5, 5.41) is 3.60. The Kier molecular flexibility index (Phi) is 4.30. The number of morpholine rings is 1. The molecule has 0 aromatic heterocycles. The van der Waals surface area contributed by atoms with E-state index in [1.165, 1.54) is 24.1 Å². The lowest BCUT2D eigenvalue weighted by molar-refractivity contribution is 0.0304. The smallest absolute Gasteiger partial charge is 0.0755 e.